The molecule has 0 aliphatic heterocycles. The van der Waals surface area contributed by atoms with E-state index in [1.165, 1.54) is 0 Å². The van der Waals surface area contributed by atoms with E-state index in [9.17, 15) is 0 Å². The SMILES string of the molecule is OCc1ccc(Oc2nsnc2Cl)cc1. The number of rotatable bonds is 3. The van der Waals surface area contributed by atoms with Gasteiger partial charge in [0, 0.05) is 0 Å². The molecule has 0 bridgehead atoms. The Labute approximate surface area is 95.4 Å². The molecule has 0 aliphatic carbocycles. The molecule has 0 aliphatic rings. The van der Waals surface area contributed by atoms with E-state index in [1.54, 1.807) is 24.3 Å². The van der Waals surface area contributed by atoms with E-state index < -0.39 is 0 Å². The minimum absolute atomic E-state index is 0.0132. The van der Waals surface area contributed by atoms with Crippen molar-refractivity contribution >= 4 is 23.3 Å². The fraction of sp³-hybridized carbons (Fsp3) is 0.111. The van der Waals surface area contributed by atoms with Crippen LogP contribution in [0, 0.1) is 0 Å². The number of aliphatic hydroxyl groups is 1. The van der Waals surface area contributed by atoms with Crippen LogP contribution in [0.2, 0.25) is 5.15 Å². The van der Waals surface area contributed by atoms with Crippen LogP contribution in [0.4, 0.5) is 0 Å². The van der Waals surface area contributed by atoms with Crippen LogP contribution >= 0.6 is 23.3 Å². The van der Waals surface area contributed by atoms with Crippen LogP contribution in [-0.4, -0.2) is 13.9 Å². The van der Waals surface area contributed by atoms with Gasteiger partial charge in [0.25, 0.3) is 5.88 Å². The molecule has 0 fully saturated rings. The summed E-state index contributed by atoms with van der Waals surface area (Å²) in [6.07, 6.45) is 0. The second-order valence-corrected chi connectivity index (χ2v) is 3.65. The lowest BCUT2D eigenvalue weighted by molar-refractivity contribution is 0.281. The molecular weight excluding hydrogens is 236 g/mol. The smallest absolute Gasteiger partial charge is 0.270 e. The summed E-state index contributed by atoms with van der Waals surface area (Å²) in [7, 11) is 0. The van der Waals surface area contributed by atoms with E-state index in [1.807, 2.05) is 0 Å². The number of halogens is 1. The Bertz CT molecular complexity index is 444. The molecule has 1 aromatic carbocycles. The van der Waals surface area contributed by atoms with Crippen molar-refractivity contribution in [3.05, 3.63) is 35.0 Å². The van der Waals surface area contributed by atoms with Gasteiger partial charge in [0.05, 0.1) is 18.3 Å². The summed E-state index contributed by atoms with van der Waals surface area (Å²) < 4.78 is 13.0. The minimum atomic E-state index is 0.0132. The summed E-state index contributed by atoms with van der Waals surface area (Å²) in [4.78, 5) is 0. The predicted octanol–water partition coefficient (Wildman–Crippen LogP) is 2.48. The predicted molar refractivity (Wildman–Crippen MR) is 57.4 cm³/mol. The molecule has 0 radical (unpaired) electrons. The monoisotopic (exact) mass is 242 g/mol. The molecule has 0 saturated carbocycles. The van der Waals surface area contributed by atoms with Gasteiger partial charge < -0.3 is 9.84 Å². The Hall–Kier alpha value is -1.17. The summed E-state index contributed by atoms with van der Waals surface area (Å²) in [6, 6.07) is 7.01. The van der Waals surface area contributed by atoms with E-state index in [-0.39, 0.29) is 11.8 Å². The van der Waals surface area contributed by atoms with E-state index in [2.05, 4.69) is 8.75 Å². The minimum Gasteiger partial charge on any atom is -0.436 e. The van der Waals surface area contributed by atoms with Crippen LogP contribution in [0.3, 0.4) is 0 Å². The van der Waals surface area contributed by atoms with Crippen molar-refractivity contribution in [2.45, 2.75) is 6.61 Å². The number of aromatic nitrogens is 2. The summed E-state index contributed by atoms with van der Waals surface area (Å²) in [5, 5.41) is 9.10. The standard InChI is InChI=1S/C9H7ClN2O2S/c10-8-9(12-15-11-8)14-7-3-1-6(5-13)2-4-7/h1-4,13H,5H2. The fourth-order valence-electron chi connectivity index (χ4n) is 1.01. The zero-order valence-electron chi connectivity index (χ0n) is 7.55. The molecule has 2 rings (SSSR count). The van der Waals surface area contributed by atoms with Crippen molar-refractivity contribution in [1.29, 1.82) is 0 Å². The van der Waals surface area contributed by atoms with Gasteiger partial charge in [-0.3, -0.25) is 0 Å². The maximum absolute atomic E-state index is 8.85. The van der Waals surface area contributed by atoms with Gasteiger partial charge in [0.2, 0.25) is 5.15 Å². The van der Waals surface area contributed by atoms with Crippen molar-refractivity contribution in [2.75, 3.05) is 0 Å². The number of ether oxygens (including phenoxy) is 1. The number of nitrogens with zero attached hydrogens (tertiary/aromatic N) is 2. The Kier molecular flexibility index (Phi) is 3.15. The molecule has 78 valence electrons. The van der Waals surface area contributed by atoms with Crippen molar-refractivity contribution in [1.82, 2.24) is 8.75 Å². The largest absolute Gasteiger partial charge is 0.436 e. The zero-order valence-corrected chi connectivity index (χ0v) is 9.13. The Balaban J connectivity index is 2.14. The third-order valence-corrected chi connectivity index (χ3v) is 2.60. The average Bonchev–Trinajstić information content (AvgIpc) is 2.66. The van der Waals surface area contributed by atoms with Crippen molar-refractivity contribution in [3.63, 3.8) is 0 Å². The van der Waals surface area contributed by atoms with E-state index in [0.717, 1.165) is 17.3 Å². The molecule has 0 saturated heterocycles. The Morgan fingerprint density at radius 2 is 2.00 bits per heavy atom. The molecule has 0 spiro atoms. The highest BCUT2D eigenvalue weighted by Crippen LogP contribution is 2.26. The maximum Gasteiger partial charge on any atom is 0.270 e. The third kappa shape index (κ3) is 2.44. The van der Waals surface area contributed by atoms with Crippen LogP contribution < -0.4 is 4.74 Å². The fourth-order valence-corrected chi connectivity index (χ4v) is 1.62. The molecule has 0 atom stereocenters. The van der Waals surface area contributed by atoms with Crippen molar-refractivity contribution in [3.8, 4) is 11.6 Å². The number of benzene rings is 1. The Morgan fingerprint density at radius 1 is 1.27 bits per heavy atom. The number of hydrogen-bond donors (Lipinski definition) is 1. The first-order chi connectivity index (χ1) is 7.29. The second kappa shape index (κ2) is 4.57. The lowest BCUT2D eigenvalue weighted by Gasteiger charge is -2.02. The van der Waals surface area contributed by atoms with Crippen LogP contribution in [0.15, 0.2) is 24.3 Å². The van der Waals surface area contributed by atoms with Crippen LogP contribution in [0.1, 0.15) is 5.56 Å². The average molecular weight is 243 g/mol. The van der Waals surface area contributed by atoms with Gasteiger partial charge in [-0.1, -0.05) is 23.7 Å². The van der Waals surface area contributed by atoms with Crippen molar-refractivity contribution < 1.29 is 9.84 Å². The van der Waals surface area contributed by atoms with Gasteiger partial charge >= 0.3 is 0 Å². The molecule has 6 heteroatoms. The molecule has 2 aromatic rings. The van der Waals surface area contributed by atoms with Gasteiger partial charge in [-0.15, -0.1) is 4.37 Å². The van der Waals surface area contributed by atoms with Crippen LogP contribution in [0.25, 0.3) is 0 Å². The molecule has 15 heavy (non-hydrogen) atoms. The zero-order chi connectivity index (χ0) is 10.7. The normalized spacial score (nSPS) is 10.3. The quantitative estimate of drug-likeness (QED) is 0.899. The number of hydrogen-bond acceptors (Lipinski definition) is 5. The topological polar surface area (TPSA) is 55.2 Å². The third-order valence-electron chi connectivity index (χ3n) is 1.74. The van der Waals surface area contributed by atoms with E-state index in [0.29, 0.717) is 11.6 Å². The van der Waals surface area contributed by atoms with Crippen molar-refractivity contribution in [2.24, 2.45) is 0 Å². The molecule has 0 unspecified atom stereocenters. The highest BCUT2D eigenvalue weighted by atomic mass is 35.5. The molecular formula is C9H7ClN2O2S. The molecule has 0 amide bonds. The lowest BCUT2D eigenvalue weighted by Crippen LogP contribution is -1.86. The molecule has 1 aromatic heterocycles. The molecule has 1 N–H and O–H groups in total. The van der Waals surface area contributed by atoms with Gasteiger partial charge in [-0.2, -0.15) is 4.37 Å². The molecule has 1 heterocycles. The first kappa shape index (κ1) is 10.4. The van der Waals surface area contributed by atoms with E-state index in [4.69, 9.17) is 21.4 Å². The highest BCUT2D eigenvalue weighted by Gasteiger charge is 2.07. The van der Waals surface area contributed by atoms with Gasteiger partial charge in [0.1, 0.15) is 5.75 Å². The molecule has 4 nitrogen and oxygen atoms in total. The lowest BCUT2D eigenvalue weighted by atomic mass is 10.2. The summed E-state index contributed by atoms with van der Waals surface area (Å²) >= 11 is 6.72. The number of aliphatic hydroxyl groups excluding tert-OH is 1. The van der Waals surface area contributed by atoms with E-state index >= 15 is 0 Å². The van der Waals surface area contributed by atoms with Gasteiger partial charge in [-0.25, -0.2) is 0 Å². The second-order valence-electron chi connectivity index (χ2n) is 2.76. The van der Waals surface area contributed by atoms with Gasteiger partial charge in [0.15, 0.2) is 0 Å². The highest BCUT2D eigenvalue weighted by molar-refractivity contribution is 6.99. The summed E-state index contributed by atoms with van der Waals surface area (Å²) in [6.45, 7) is 0.0132. The maximum atomic E-state index is 8.85. The van der Waals surface area contributed by atoms with Gasteiger partial charge in [-0.05, 0) is 17.7 Å². The van der Waals surface area contributed by atoms with Crippen LogP contribution in [-0.2, 0) is 6.61 Å². The first-order valence-electron chi connectivity index (χ1n) is 4.15. The van der Waals surface area contributed by atoms with Crippen LogP contribution in [0.5, 0.6) is 11.6 Å². The Morgan fingerprint density at radius 3 is 2.53 bits per heavy atom. The summed E-state index contributed by atoms with van der Waals surface area (Å²) in [5.41, 5.74) is 0.824. The first-order valence-corrected chi connectivity index (χ1v) is 5.26. The summed E-state index contributed by atoms with van der Waals surface area (Å²) in [5.74, 6) is 0.917.